The molecule has 2 atom stereocenters. The van der Waals surface area contributed by atoms with Gasteiger partial charge in [0.15, 0.2) is 6.61 Å². The van der Waals surface area contributed by atoms with Gasteiger partial charge in [-0.15, -0.1) is 0 Å². The average Bonchev–Trinajstić information content (AvgIpc) is 3.61. The van der Waals surface area contributed by atoms with Gasteiger partial charge in [0.05, 0.1) is 18.2 Å². The molecule has 4 amide bonds. The number of carboxylic acids is 1. The Bertz CT molecular complexity index is 1760. The predicted molar refractivity (Wildman–Crippen MR) is 189 cm³/mol. The van der Waals surface area contributed by atoms with E-state index in [4.69, 9.17) is 9.47 Å². The second kappa shape index (κ2) is 17.1. The van der Waals surface area contributed by atoms with Gasteiger partial charge in [-0.2, -0.15) is 0 Å². The topological polar surface area (TPSA) is 159 Å². The molecule has 13 heteroatoms. The standard InChI is InChI=1S/C38H47N5O8/c1-4-5-21-50-38(49)42-19-17-41(18-20-42)37(48)29(14-15-35(45)46)40-36(47)31-23-33(28-13-12-25(2)22-30(28)39-31)51-24-34(44)43-16-8-11-32(43)27-10-7-6-9-26(27)3/h6-7,9-10,12-13,22-23,29,32H,4-5,8,11,14-21,24H2,1-3H3,(H,40,47)(H,45,46)/t29?,32-/m0/s1. The van der Waals surface area contributed by atoms with Crippen molar-refractivity contribution >= 4 is 40.7 Å². The van der Waals surface area contributed by atoms with Crippen molar-refractivity contribution in [3.05, 3.63) is 70.9 Å². The van der Waals surface area contributed by atoms with Crippen molar-refractivity contribution in [3.63, 3.8) is 0 Å². The van der Waals surface area contributed by atoms with E-state index < -0.39 is 29.9 Å². The fourth-order valence-corrected chi connectivity index (χ4v) is 6.60. The number of aromatic nitrogens is 1. The van der Waals surface area contributed by atoms with E-state index in [9.17, 15) is 29.1 Å². The Morgan fingerprint density at radius 1 is 0.980 bits per heavy atom. The zero-order valence-corrected chi connectivity index (χ0v) is 29.6. The summed E-state index contributed by atoms with van der Waals surface area (Å²) in [6.07, 6.45) is 2.49. The van der Waals surface area contributed by atoms with Crippen LogP contribution >= 0.6 is 0 Å². The molecule has 2 aromatic carbocycles. The summed E-state index contributed by atoms with van der Waals surface area (Å²) in [5.74, 6) is -2.12. The maximum absolute atomic E-state index is 13.7. The van der Waals surface area contributed by atoms with E-state index in [1.165, 1.54) is 15.9 Å². The Labute approximate surface area is 297 Å². The zero-order valence-electron chi connectivity index (χ0n) is 29.6. The molecule has 51 heavy (non-hydrogen) atoms. The van der Waals surface area contributed by atoms with Crippen molar-refractivity contribution in [2.24, 2.45) is 0 Å². The number of hydrogen-bond donors (Lipinski definition) is 2. The first kappa shape index (κ1) is 37.1. The van der Waals surface area contributed by atoms with Crippen LogP contribution in [-0.4, -0.2) is 107 Å². The number of unbranched alkanes of at least 4 members (excludes halogenated alkanes) is 1. The lowest BCUT2D eigenvalue weighted by molar-refractivity contribution is -0.138. The van der Waals surface area contributed by atoms with Crippen LogP contribution in [0.25, 0.3) is 10.9 Å². The first-order valence-electron chi connectivity index (χ1n) is 17.7. The fourth-order valence-electron chi connectivity index (χ4n) is 6.60. The number of aliphatic carboxylic acids is 1. The van der Waals surface area contributed by atoms with Crippen LogP contribution < -0.4 is 10.1 Å². The Hall–Kier alpha value is -5.20. The van der Waals surface area contributed by atoms with E-state index in [1.807, 2.05) is 56.0 Å². The lowest BCUT2D eigenvalue weighted by Gasteiger charge is -2.36. The van der Waals surface area contributed by atoms with E-state index in [-0.39, 0.29) is 63.3 Å². The maximum Gasteiger partial charge on any atom is 0.409 e. The van der Waals surface area contributed by atoms with Gasteiger partial charge in [-0.05, 0) is 68.4 Å². The van der Waals surface area contributed by atoms with Crippen LogP contribution in [0.1, 0.15) is 78.7 Å². The van der Waals surface area contributed by atoms with E-state index in [0.29, 0.717) is 29.8 Å². The van der Waals surface area contributed by atoms with Crippen molar-refractivity contribution in [1.29, 1.82) is 0 Å². The summed E-state index contributed by atoms with van der Waals surface area (Å²) < 4.78 is 11.4. The number of amides is 4. The molecule has 0 aliphatic carbocycles. The van der Waals surface area contributed by atoms with Crippen LogP contribution in [-0.2, 0) is 19.1 Å². The first-order valence-corrected chi connectivity index (χ1v) is 17.7. The van der Waals surface area contributed by atoms with Crippen molar-refractivity contribution in [1.82, 2.24) is 25.0 Å². The van der Waals surface area contributed by atoms with Gasteiger partial charge in [0.1, 0.15) is 17.5 Å². The van der Waals surface area contributed by atoms with Gasteiger partial charge in [0, 0.05) is 50.6 Å². The number of pyridine rings is 1. The van der Waals surface area contributed by atoms with Gasteiger partial charge in [-0.3, -0.25) is 19.2 Å². The molecule has 2 fully saturated rings. The number of ether oxygens (including phenoxy) is 2. The Morgan fingerprint density at radius 3 is 2.45 bits per heavy atom. The van der Waals surface area contributed by atoms with Gasteiger partial charge in [0.25, 0.3) is 11.8 Å². The molecule has 5 rings (SSSR count). The Balaban J connectivity index is 1.30. The van der Waals surface area contributed by atoms with Gasteiger partial charge >= 0.3 is 12.1 Å². The molecule has 2 saturated heterocycles. The lowest BCUT2D eigenvalue weighted by Crippen LogP contribution is -2.56. The molecule has 0 saturated carbocycles. The normalized spacial score (nSPS) is 16.5. The summed E-state index contributed by atoms with van der Waals surface area (Å²) >= 11 is 0. The Morgan fingerprint density at radius 2 is 1.73 bits per heavy atom. The highest BCUT2D eigenvalue weighted by atomic mass is 16.6. The first-order chi connectivity index (χ1) is 24.5. The number of hydrogen-bond acceptors (Lipinski definition) is 8. The number of likely N-dealkylation sites (tertiary alicyclic amines) is 1. The maximum atomic E-state index is 13.7. The predicted octanol–water partition coefficient (Wildman–Crippen LogP) is 4.64. The number of nitrogens with zero attached hydrogens (tertiary/aromatic N) is 4. The van der Waals surface area contributed by atoms with Crippen molar-refractivity contribution < 1.29 is 38.6 Å². The largest absolute Gasteiger partial charge is 0.483 e. The number of carbonyl (C=O) groups is 5. The van der Waals surface area contributed by atoms with Gasteiger partial charge in [-0.25, -0.2) is 9.78 Å². The molecule has 0 bridgehead atoms. The quantitative estimate of drug-likeness (QED) is 0.242. The second-order valence-electron chi connectivity index (χ2n) is 13.2. The smallest absolute Gasteiger partial charge is 0.409 e. The number of rotatable bonds is 13. The molecule has 2 aliphatic heterocycles. The van der Waals surface area contributed by atoms with Crippen LogP contribution in [0.4, 0.5) is 4.79 Å². The highest BCUT2D eigenvalue weighted by molar-refractivity contribution is 5.99. The van der Waals surface area contributed by atoms with Gasteiger partial charge in [0.2, 0.25) is 5.91 Å². The summed E-state index contributed by atoms with van der Waals surface area (Å²) in [4.78, 5) is 74.2. The molecular formula is C38H47N5O8. The van der Waals surface area contributed by atoms with Crippen LogP contribution in [0.2, 0.25) is 0 Å². The molecule has 0 spiro atoms. The highest BCUT2D eigenvalue weighted by Gasteiger charge is 2.33. The second-order valence-corrected chi connectivity index (χ2v) is 13.2. The molecular weight excluding hydrogens is 654 g/mol. The van der Waals surface area contributed by atoms with Crippen LogP contribution in [0.3, 0.4) is 0 Å². The van der Waals surface area contributed by atoms with E-state index in [0.717, 1.165) is 42.4 Å². The molecule has 0 radical (unpaired) electrons. The van der Waals surface area contributed by atoms with Gasteiger partial charge in [-0.1, -0.05) is 43.7 Å². The molecule has 2 aliphatic rings. The summed E-state index contributed by atoms with van der Waals surface area (Å²) in [5, 5.41) is 12.7. The number of carboxylic acid groups (broad SMARTS) is 1. The summed E-state index contributed by atoms with van der Waals surface area (Å²) in [5.41, 5.74) is 3.57. The number of fused-ring (bicyclic) bond motifs is 1. The molecule has 1 unspecified atom stereocenters. The van der Waals surface area contributed by atoms with Gasteiger partial charge < -0.3 is 34.6 Å². The Kier molecular flexibility index (Phi) is 12.5. The number of benzene rings is 2. The molecule has 2 N–H and O–H groups in total. The fraction of sp³-hybridized carbons (Fsp3) is 0.474. The molecule has 3 aromatic rings. The van der Waals surface area contributed by atoms with Crippen molar-refractivity contribution in [2.75, 3.05) is 45.9 Å². The zero-order chi connectivity index (χ0) is 36.5. The molecule has 1 aromatic heterocycles. The number of carbonyl (C=O) groups excluding carboxylic acids is 4. The SMILES string of the molecule is CCCCOC(=O)N1CCN(C(=O)C(CCC(=O)O)NC(=O)c2cc(OCC(=O)N3CCC[C@H]3c3ccccc3C)c3ccc(C)cc3n2)CC1. The van der Waals surface area contributed by atoms with Crippen molar-refractivity contribution in [2.45, 2.75) is 71.4 Å². The third-order valence-corrected chi connectivity index (χ3v) is 9.46. The third kappa shape index (κ3) is 9.33. The van der Waals surface area contributed by atoms with Crippen LogP contribution in [0, 0.1) is 13.8 Å². The summed E-state index contributed by atoms with van der Waals surface area (Å²) in [6.45, 7) is 7.57. The minimum absolute atomic E-state index is 0.0386. The van der Waals surface area contributed by atoms with Crippen LogP contribution in [0.15, 0.2) is 48.5 Å². The monoisotopic (exact) mass is 701 g/mol. The summed E-state index contributed by atoms with van der Waals surface area (Å²) in [7, 11) is 0. The average molecular weight is 702 g/mol. The number of nitrogens with one attached hydrogen (secondary N) is 1. The van der Waals surface area contributed by atoms with Crippen LogP contribution in [0.5, 0.6) is 5.75 Å². The van der Waals surface area contributed by atoms with E-state index >= 15 is 0 Å². The minimum atomic E-state index is -1.15. The van der Waals surface area contributed by atoms with E-state index in [2.05, 4.69) is 16.4 Å². The van der Waals surface area contributed by atoms with E-state index in [1.54, 1.807) is 6.07 Å². The third-order valence-electron chi connectivity index (χ3n) is 9.46. The molecule has 3 heterocycles. The highest BCUT2D eigenvalue weighted by Crippen LogP contribution is 2.34. The molecule has 13 nitrogen and oxygen atoms in total. The number of aryl methyl sites for hydroxylation is 2. The summed E-state index contributed by atoms with van der Waals surface area (Å²) in [6, 6.07) is 13.8. The minimum Gasteiger partial charge on any atom is -0.483 e. The van der Waals surface area contributed by atoms with Crippen molar-refractivity contribution in [3.8, 4) is 5.75 Å². The number of piperazine rings is 1. The lowest BCUT2D eigenvalue weighted by atomic mass is 9.99. The molecule has 272 valence electrons.